The van der Waals surface area contributed by atoms with Crippen LogP contribution in [-0.2, 0) is 13.0 Å². The summed E-state index contributed by atoms with van der Waals surface area (Å²) in [5, 5.41) is 0. The molecule has 0 saturated carbocycles. The molecule has 2 rings (SSSR count). The number of halogens is 1. The Morgan fingerprint density at radius 3 is 2.47 bits per heavy atom. The monoisotopic (exact) mass is 291 g/mol. The fourth-order valence-electron chi connectivity index (χ4n) is 1.47. The zero-order valence-electron chi connectivity index (χ0n) is 9.69. The molecule has 0 N–H and O–H groups in total. The summed E-state index contributed by atoms with van der Waals surface area (Å²) in [5.74, 6) is 0.881. The van der Waals surface area contributed by atoms with Crippen molar-refractivity contribution in [2.45, 2.75) is 20.0 Å². The number of rotatable bonds is 4. The first-order chi connectivity index (χ1) is 8.28. The van der Waals surface area contributed by atoms with E-state index in [-0.39, 0.29) is 0 Å². The lowest BCUT2D eigenvalue weighted by Gasteiger charge is -2.06. The number of pyridine rings is 1. The Balaban J connectivity index is 1.95. The number of ether oxygens (including phenoxy) is 1. The third kappa shape index (κ3) is 3.56. The van der Waals surface area contributed by atoms with Gasteiger partial charge in [0.25, 0.3) is 0 Å². The lowest BCUT2D eigenvalue weighted by atomic mass is 10.2. The van der Waals surface area contributed by atoms with E-state index in [9.17, 15) is 0 Å². The summed E-state index contributed by atoms with van der Waals surface area (Å²) in [4.78, 5) is 4.26. The predicted octanol–water partition coefficient (Wildman–Crippen LogP) is 3.99. The SMILES string of the molecule is CCc1ccc(OCc2ccc(Br)cn2)cc1. The molecule has 1 aromatic carbocycles. The number of aromatic nitrogens is 1. The third-order valence-corrected chi connectivity index (χ3v) is 2.98. The van der Waals surface area contributed by atoms with Crippen molar-refractivity contribution in [1.82, 2.24) is 4.98 Å². The van der Waals surface area contributed by atoms with Crippen LogP contribution < -0.4 is 4.74 Å². The molecule has 0 saturated heterocycles. The fraction of sp³-hybridized carbons (Fsp3) is 0.214. The summed E-state index contributed by atoms with van der Waals surface area (Å²) in [6.45, 7) is 2.64. The molecule has 0 unspecified atom stereocenters. The van der Waals surface area contributed by atoms with E-state index in [1.165, 1.54) is 5.56 Å². The predicted molar refractivity (Wildman–Crippen MR) is 72.1 cm³/mol. The molecule has 0 radical (unpaired) electrons. The van der Waals surface area contributed by atoms with Crippen LogP contribution in [0.15, 0.2) is 47.1 Å². The minimum atomic E-state index is 0.499. The van der Waals surface area contributed by atoms with Crippen molar-refractivity contribution in [2.24, 2.45) is 0 Å². The third-order valence-electron chi connectivity index (χ3n) is 2.51. The lowest BCUT2D eigenvalue weighted by molar-refractivity contribution is 0.301. The van der Waals surface area contributed by atoms with E-state index >= 15 is 0 Å². The summed E-state index contributed by atoms with van der Waals surface area (Å²) in [6, 6.07) is 12.1. The van der Waals surface area contributed by atoms with Gasteiger partial charge < -0.3 is 4.74 Å². The maximum atomic E-state index is 5.65. The Morgan fingerprint density at radius 2 is 1.88 bits per heavy atom. The first-order valence-corrected chi connectivity index (χ1v) is 6.39. The van der Waals surface area contributed by atoms with Crippen molar-refractivity contribution in [3.63, 3.8) is 0 Å². The highest BCUT2D eigenvalue weighted by Gasteiger charge is 1.97. The highest BCUT2D eigenvalue weighted by molar-refractivity contribution is 9.10. The van der Waals surface area contributed by atoms with Gasteiger partial charge in [-0.1, -0.05) is 19.1 Å². The lowest BCUT2D eigenvalue weighted by Crippen LogP contribution is -1.97. The van der Waals surface area contributed by atoms with E-state index in [4.69, 9.17) is 4.74 Å². The van der Waals surface area contributed by atoms with Gasteiger partial charge in [0.15, 0.2) is 0 Å². The van der Waals surface area contributed by atoms with Gasteiger partial charge >= 0.3 is 0 Å². The maximum absolute atomic E-state index is 5.65. The summed E-state index contributed by atoms with van der Waals surface area (Å²) in [5.41, 5.74) is 2.24. The van der Waals surface area contributed by atoms with Crippen LogP contribution in [0.5, 0.6) is 5.75 Å². The second-order valence-electron chi connectivity index (χ2n) is 3.75. The van der Waals surface area contributed by atoms with Gasteiger partial charge in [-0.05, 0) is 52.2 Å². The van der Waals surface area contributed by atoms with Crippen molar-refractivity contribution in [3.8, 4) is 5.75 Å². The van der Waals surface area contributed by atoms with Crippen molar-refractivity contribution in [3.05, 3.63) is 58.3 Å². The van der Waals surface area contributed by atoms with E-state index in [0.29, 0.717) is 6.61 Å². The van der Waals surface area contributed by atoms with Crippen molar-refractivity contribution >= 4 is 15.9 Å². The van der Waals surface area contributed by atoms with Gasteiger partial charge in [0.05, 0.1) is 5.69 Å². The number of benzene rings is 1. The molecule has 88 valence electrons. The highest BCUT2D eigenvalue weighted by Crippen LogP contribution is 2.14. The van der Waals surface area contributed by atoms with Crippen LogP contribution in [0.3, 0.4) is 0 Å². The highest BCUT2D eigenvalue weighted by atomic mass is 79.9. The van der Waals surface area contributed by atoms with Gasteiger partial charge in [-0.25, -0.2) is 0 Å². The molecular formula is C14H14BrNO. The quantitative estimate of drug-likeness (QED) is 0.850. The summed E-state index contributed by atoms with van der Waals surface area (Å²) in [7, 11) is 0. The minimum Gasteiger partial charge on any atom is -0.487 e. The van der Waals surface area contributed by atoms with Crippen LogP contribution in [0.25, 0.3) is 0 Å². The summed E-state index contributed by atoms with van der Waals surface area (Å²) in [6.07, 6.45) is 2.83. The van der Waals surface area contributed by atoms with Gasteiger partial charge in [0, 0.05) is 10.7 Å². The number of nitrogens with zero attached hydrogens (tertiary/aromatic N) is 1. The van der Waals surface area contributed by atoms with Crippen LogP contribution >= 0.6 is 15.9 Å². The van der Waals surface area contributed by atoms with Crippen LogP contribution in [0.4, 0.5) is 0 Å². The van der Waals surface area contributed by atoms with Gasteiger partial charge in [0.1, 0.15) is 12.4 Å². The van der Waals surface area contributed by atoms with Crippen LogP contribution in [0.2, 0.25) is 0 Å². The van der Waals surface area contributed by atoms with E-state index in [1.54, 1.807) is 6.20 Å². The van der Waals surface area contributed by atoms with Gasteiger partial charge in [0.2, 0.25) is 0 Å². The molecule has 2 aromatic rings. The Bertz CT molecular complexity index is 465. The van der Waals surface area contributed by atoms with Gasteiger partial charge in [-0.3, -0.25) is 4.98 Å². The van der Waals surface area contributed by atoms with Gasteiger partial charge in [-0.15, -0.1) is 0 Å². The van der Waals surface area contributed by atoms with E-state index in [1.807, 2.05) is 24.3 Å². The largest absolute Gasteiger partial charge is 0.487 e. The molecule has 17 heavy (non-hydrogen) atoms. The first-order valence-electron chi connectivity index (χ1n) is 5.60. The number of aryl methyl sites for hydroxylation is 1. The zero-order chi connectivity index (χ0) is 12.1. The Morgan fingerprint density at radius 1 is 1.12 bits per heavy atom. The molecule has 1 aromatic heterocycles. The van der Waals surface area contributed by atoms with Crippen LogP contribution in [0, 0.1) is 0 Å². The van der Waals surface area contributed by atoms with Crippen molar-refractivity contribution < 1.29 is 4.74 Å². The standard InChI is InChI=1S/C14H14BrNO/c1-2-11-3-7-14(8-4-11)17-10-13-6-5-12(15)9-16-13/h3-9H,2,10H2,1H3. The molecule has 0 aliphatic rings. The molecule has 1 heterocycles. The first kappa shape index (κ1) is 12.1. The van der Waals surface area contributed by atoms with Crippen molar-refractivity contribution in [2.75, 3.05) is 0 Å². The molecule has 3 heteroatoms. The van der Waals surface area contributed by atoms with E-state index in [0.717, 1.165) is 22.3 Å². The summed E-state index contributed by atoms with van der Waals surface area (Å²) < 4.78 is 6.63. The Labute approximate surface area is 110 Å². The summed E-state index contributed by atoms with van der Waals surface area (Å²) >= 11 is 3.35. The molecule has 0 aliphatic carbocycles. The second-order valence-corrected chi connectivity index (χ2v) is 4.67. The van der Waals surface area contributed by atoms with Crippen LogP contribution in [0.1, 0.15) is 18.2 Å². The zero-order valence-corrected chi connectivity index (χ0v) is 11.3. The second kappa shape index (κ2) is 5.82. The average Bonchev–Trinajstić information content (AvgIpc) is 2.39. The molecular weight excluding hydrogens is 278 g/mol. The molecule has 2 nitrogen and oxygen atoms in total. The normalized spacial score (nSPS) is 10.2. The Hall–Kier alpha value is -1.35. The molecule has 0 amide bonds. The average molecular weight is 292 g/mol. The fourth-order valence-corrected chi connectivity index (χ4v) is 1.71. The minimum absolute atomic E-state index is 0.499. The number of hydrogen-bond acceptors (Lipinski definition) is 2. The number of hydrogen-bond donors (Lipinski definition) is 0. The topological polar surface area (TPSA) is 22.1 Å². The van der Waals surface area contributed by atoms with Crippen LogP contribution in [-0.4, -0.2) is 4.98 Å². The van der Waals surface area contributed by atoms with E-state index in [2.05, 4.69) is 40.0 Å². The smallest absolute Gasteiger partial charge is 0.130 e. The molecule has 0 aliphatic heterocycles. The molecule has 0 spiro atoms. The van der Waals surface area contributed by atoms with Gasteiger partial charge in [-0.2, -0.15) is 0 Å². The molecule has 0 atom stereocenters. The van der Waals surface area contributed by atoms with Crippen molar-refractivity contribution in [1.29, 1.82) is 0 Å². The molecule has 0 fully saturated rings. The Kier molecular flexibility index (Phi) is 4.15. The van der Waals surface area contributed by atoms with E-state index < -0.39 is 0 Å². The maximum Gasteiger partial charge on any atom is 0.130 e. The molecule has 0 bridgehead atoms.